The molecule has 0 spiro atoms. The third-order valence-electron chi connectivity index (χ3n) is 9.93. The van der Waals surface area contributed by atoms with Crippen LogP contribution in [0.1, 0.15) is 111 Å². The molecule has 41 heavy (non-hydrogen) atoms. The molecular weight excluding hydrogens is 615 g/mol. The van der Waals surface area contributed by atoms with Crippen LogP contribution in [0.2, 0.25) is 17.7 Å². The van der Waals surface area contributed by atoms with Crippen molar-refractivity contribution in [2.45, 2.75) is 135 Å². The molecular formula is C36H60O4Sn. The number of rotatable bonds is 18. The summed E-state index contributed by atoms with van der Waals surface area (Å²) in [7, 11) is 1.40. The second kappa shape index (κ2) is 17.7. The summed E-state index contributed by atoms with van der Waals surface area (Å²) in [6.07, 6.45) is 10.6. The monoisotopic (exact) mass is 676 g/mol. The molecule has 232 valence electrons. The summed E-state index contributed by atoms with van der Waals surface area (Å²) in [5.41, 5.74) is 1.59. The van der Waals surface area contributed by atoms with Crippen LogP contribution in [0.4, 0.5) is 0 Å². The Morgan fingerprint density at radius 2 is 1.54 bits per heavy atom. The molecule has 0 N–H and O–H groups in total. The Labute approximate surface area is 256 Å². The number of hydrogen-bond donors (Lipinski definition) is 0. The molecule has 2 rings (SSSR count). The van der Waals surface area contributed by atoms with E-state index in [1.807, 2.05) is 0 Å². The number of hydrogen-bond acceptors (Lipinski definition) is 4. The average Bonchev–Trinajstić information content (AvgIpc) is 2.97. The van der Waals surface area contributed by atoms with Crippen LogP contribution < -0.4 is 0 Å². The van der Waals surface area contributed by atoms with Gasteiger partial charge in [0.2, 0.25) is 0 Å². The molecule has 1 aliphatic carbocycles. The molecule has 1 saturated carbocycles. The van der Waals surface area contributed by atoms with E-state index in [4.69, 9.17) is 9.47 Å². The van der Waals surface area contributed by atoms with Gasteiger partial charge in [-0.05, 0) is 0 Å². The second-order valence-electron chi connectivity index (χ2n) is 13.6. The minimum absolute atomic E-state index is 0.103. The molecule has 4 atom stereocenters. The standard InChI is InChI=1S/C24H33O4.3C4H9.Sn/c1-16-12-13-20(24(4,5)19-10-8-7-9-11-19)21(14-16)28-23(26)18(3)15-17(2)22(25)27-6;3*1-3-4-2;/h7-11,16,18,20-21H,2-3,12-15H2,1,4-6H3;3*1,3-4H2,2H3;/t16-,18+,20-,21-;;;;/m1..../s1. The Bertz CT molecular complexity index is 918. The van der Waals surface area contributed by atoms with Gasteiger partial charge in [-0.3, -0.25) is 0 Å². The zero-order chi connectivity index (χ0) is 30.5. The predicted octanol–water partition coefficient (Wildman–Crippen LogP) is 9.90. The van der Waals surface area contributed by atoms with Crippen molar-refractivity contribution in [1.29, 1.82) is 0 Å². The number of carbonyl (C=O) groups excluding carboxylic acids is 2. The van der Waals surface area contributed by atoms with Crippen LogP contribution in [-0.4, -0.2) is 43.5 Å². The van der Waals surface area contributed by atoms with Gasteiger partial charge in [0.1, 0.15) is 0 Å². The quantitative estimate of drug-likeness (QED) is 0.0884. The summed E-state index contributed by atoms with van der Waals surface area (Å²) in [5, 5.41) is 0. The van der Waals surface area contributed by atoms with Gasteiger partial charge >= 0.3 is 257 Å². The Morgan fingerprint density at radius 1 is 0.976 bits per heavy atom. The van der Waals surface area contributed by atoms with Gasteiger partial charge in [-0.1, -0.05) is 0 Å². The van der Waals surface area contributed by atoms with Crippen LogP contribution in [0.5, 0.6) is 0 Å². The molecule has 0 bridgehead atoms. The number of benzene rings is 1. The Balaban J connectivity index is 2.41. The number of methoxy groups -OCH3 is 1. The van der Waals surface area contributed by atoms with Gasteiger partial charge in [-0.2, -0.15) is 0 Å². The molecule has 1 aromatic carbocycles. The van der Waals surface area contributed by atoms with E-state index >= 15 is 0 Å². The summed E-state index contributed by atoms with van der Waals surface area (Å²) in [5.74, 6) is -0.0398. The number of esters is 2. The first kappa shape index (κ1) is 35.9. The molecule has 1 aromatic rings. The fraction of sp³-hybridized carbons (Fsp3) is 0.722. The third kappa shape index (κ3) is 10.7. The van der Waals surface area contributed by atoms with E-state index in [1.54, 1.807) is 0 Å². The van der Waals surface area contributed by atoms with Crippen LogP contribution in [0.3, 0.4) is 0 Å². The van der Waals surface area contributed by atoms with Crippen molar-refractivity contribution in [2.24, 2.45) is 17.8 Å². The molecule has 1 aliphatic rings. The van der Waals surface area contributed by atoms with Gasteiger partial charge in [0, 0.05) is 0 Å². The molecule has 0 aromatic heterocycles. The number of carbonyl (C=O) groups is 2. The normalized spacial score (nSPS) is 20.3. The third-order valence-corrected chi connectivity index (χ3v) is 25.9. The van der Waals surface area contributed by atoms with Gasteiger partial charge in [0.15, 0.2) is 0 Å². The van der Waals surface area contributed by atoms with E-state index in [9.17, 15) is 9.59 Å². The van der Waals surface area contributed by atoms with Crippen molar-refractivity contribution in [3.05, 3.63) is 48.0 Å². The van der Waals surface area contributed by atoms with Gasteiger partial charge < -0.3 is 0 Å². The van der Waals surface area contributed by atoms with E-state index in [0.29, 0.717) is 17.9 Å². The van der Waals surface area contributed by atoms with Crippen molar-refractivity contribution in [2.75, 3.05) is 7.11 Å². The molecule has 4 nitrogen and oxygen atoms in total. The van der Waals surface area contributed by atoms with Crippen molar-refractivity contribution in [1.82, 2.24) is 0 Å². The number of ether oxygens (including phenoxy) is 2. The minimum atomic E-state index is -2.72. The molecule has 1 fully saturated rings. The first-order valence-electron chi connectivity index (χ1n) is 16.6. The summed E-state index contributed by atoms with van der Waals surface area (Å²) < 4.78 is 16.6. The topological polar surface area (TPSA) is 52.6 Å². The average molecular weight is 676 g/mol. The van der Waals surface area contributed by atoms with Crippen LogP contribution in [0, 0.1) is 17.8 Å². The van der Waals surface area contributed by atoms with E-state index in [2.05, 4.69) is 78.5 Å². The Morgan fingerprint density at radius 3 is 2.05 bits per heavy atom. The maximum atomic E-state index is 14.3. The molecule has 5 heteroatoms. The molecule has 0 heterocycles. The number of unbranched alkanes of at least 4 members (excludes halogenated alkanes) is 3. The fourth-order valence-corrected chi connectivity index (χ4v) is 24.4. The van der Waals surface area contributed by atoms with Crippen LogP contribution >= 0.6 is 0 Å². The fourth-order valence-electron chi connectivity index (χ4n) is 7.23. The van der Waals surface area contributed by atoms with E-state index in [-0.39, 0.29) is 29.3 Å². The zero-order valence-corrected chi connectivity index (χ0v) is 30.3. The summed E-state index contributed by atoms with van der Waals surface area (Å²) in [4.78, 5) is 26.8. The van der Waals surface area contributed by atoms with Crippen molar-refractivity contribution < 1.29 is 19.1 Å². The second-order valence-corrected chi connectivity index (χ2v) is 27.6. The van der Waals surface area contributed by atoms with Crippen molar-refractivity contribution in [3.8, 4) is 0 Å². The maximum absolute atomic E-state index is 14.3. The van der Waals surface area contributed by atoms with Crippen LogP contribution in [-0.2, 0) is 24.5 Å². The van der Waals surface area contributed by atoms with Gasteiger partial charge in [-0.15, -0.1) is 0 Å². The molecule has 0 unspecified atom stereocenters. The van der Waals surface area contributed by atoms with Gasteiger partial charge in [0.05, 0.1) is 0 Å². The van der Waals surface area contributed by atoms with E-state index in [1.165, 1.54) is 64.5 Å². The van der Waals surface area contributed by atoms with Gasteiger partial charge in [-0.25, -0.2) is 0 Å². The summed E-state index contributed by atoms with van der Waals surface area (Å²) in [6.45, 7) is 17.8. The summed E-state index contributed by atoms with van der Waals surface area (Å²) in [6, 6.07) is 10.7. The van der Waals surface area contributed by atoms with E-state index < -0.39 is 24.3 Å². The van der Waals surface area contributed by atoms with Crippen LogP contribution in [0.25, 0.3) is 0 Å². The van der Waals surface area contributed by atoms with E-state index in [0.717, 1.165) is 23.7 Å². The molecule has 0 saturated heterocycles. The van der Waals surface area contributed by atoms with Crippen LogP contribution in [0.15, 0.2) is 42.5 Å². The Kier molecular flexibility index (Phi) is 15.5. The molecule has 0 aliphatic heterocycles. The first-order valence-corrected chi connectivity index (χ1v) is 24.6. The zero-order valence-electron chi connectivity index (χ0n) is 27.4. The van der Waals surface area contributed by atoms with Crippen molar-refractivity contribution in [3.63, 3.8) is 0 Å². The summed E-state index contributed by atoms with van der Waals surface area (Å²) >= 11 is -2.72. The van der Waals surface area contributed by atoms with Crippen molar-refractivity contribution >= 4 is 30.3 Å². The Hall–Kier alpha value is -1.30. The predicted molar refractivity (Wildman–Crippen MR) is 175 cm³/mol. The first-order chi connectivity index (χ1) is 19.5. The van der Waals surface area contributed by atoms with Gasteiger partial charge in [0.25, 0.3) is 0 Å². The SMILES string of the molecule is C=C(C[C@H]([CH2][Sn]([CH2]CCC)([CH2]CCC)[CH2]CCC)C(=O)O[C@@H]1C[C@H](C)CC[C@H]1C(C)(C)c1ccccc1)C(=O)OC. The molecule has 0 radical (unpaired) electrons. The molecule has 0 amide bonds.